The molecule has 1 atom stereocenters. The maximum absolute atomic E-state index is 11.8. The number of primary amides is 1. The fourth-order valence-corrected chi connectivity index (χ4v) is 2.15. The number of benzene rings is 1. The number of hydrogen-bond donors (Lipinski definition) is 2. The van der Waals surface area contributed by atoms with Crippen molar-refractivity contribution in [1.29, 1.82) is 0 Å². The van der Waals surface area contributed by atoms with E-state index in [-0.39, 0.29) is 5.91 Å². The Hall–Kier alpha value is -2.04. The summed E-state index contributed by atoms with van der Waals surface area (Å²) in [6.45, 7) is 2.52. The van der Waals surface area contributed by atoms with Crippen LogP contribution in [0.3, 0.4) is 0 Å². The largest absolute Gasteiger partial charge is 0.481 e. The topological polar surface area (TPSA) is 81.4 Å². The summed E-state index contributed by atoms with van der Waals surface area (Å²) in [6.07, 6.45) is 1.61. The van der Waals surface area contributed by atoms with E-state index in [1.165, 1.54) is 0 Å². The summed E-state index contributed by atoms with van der Waals surface area (Å²) in [5, 5.41) is 2.84. The molecule has 2 amide bonds. The monoisotopic (exact) mass is 262 g/mol. The average Bonchev–Trinajstić information content (AvgIpc) is 2.57. The predicted molar refractivity (Wildman–Crippen MR) is 71.0 cm³/mol. The second kappa shape index (κ2) is 5.73. The van der Waals surface area contributed by atoms with Gasteiger partial charge in [-0.1, -0.05) is 6.92 Å². The lowest BCUT2D eigenvalue weighted by Crippen LogP contribution is -2.33. The van der Waals surface area contributed by atoms with Crippen LogP contribution in [0.15, 0.2) is 18.2 Å². The Morgan fingerprint density at radius 1 is 1.53 bits per heavy atom. The Balaban J connectivity index is 2.23. The molecule has 0 saturated carbocycles. The summed E-state index contributed by atoms with van der Waals surface area (Å²) >= 11 is 0. The van der Waals surface area contributed by atoms with Gasteiger partial charge in [-0.3, -0.25) is 9.59 Å². The highest BCUT2D eigenvalue weighted by atomic mass is 16.5. The van der Waals surface area contributed by atoms with Crippen LogP contribution in [0.1, 0.15) is 35.7 Å². The van der Waals surface area contributed by atoms with Gasteiger partial charge in [-0.05, 0) is 43.0 Å². The van der Waals surface area contributed by atoms with Gasteiger partial charge >= 0.3 is 0 Å². The Kier molecular flexibility index (Phi) is 4.04. The van der Waals surface area contributed by atoms with E-state index < -0.39 is 12.0 Å². The van der Waals surface area contributed by atoms with Crippen molar-refractivity contribution in [2.75, 3.05) is 6.54 Å². The van der Waals surface area contributed by atoms with Gasteiger partial charge in [-0.2, -0.15) is 0 Å². The van der Waals surface area contributed by atoms with Crippen molar-refractivity contribution in [1.82, 2.24) is 5.32 Å². The first-order chi connectivity index (χ1) is 9.11. The molecule has 5 nitrogen and oxygen atoms in total. The van der Waals surface area contributed by atoms with Gasteiger partial charge in [0.1, 0.15) is 5.75 Å². The number of fused-ring (bicyclic) bond motifs is 1. The van der Waals surface area contributed by atoms with Gasteiger partial charge in [0, 0.05) is 12.1 Å². The normalized spacial score (nSPS) is 15.9. The van der Waals surface area contributed by atoms with Crippen LogP contribution in [0.2, 0.25) is 0 Å². The highest BCUT2D eigenvalue weighted by Gasteiger charge is 2.18. The molecule has 1 aliphatic rings. The highest BCUT2D eigenvalue weighted by Crippen LogP contribution is 2.22. The Labute approximate surface area is 112 Å². The van der Waals surface area contributed by atoms with Crippen molar-refractivity contribution >= 4 is 11.8 Å². The quantitative estimate of drug-likeness (QED) is 0.849. The smallest absolute Gasteiger partial charge is 0.258 e. The average molecular weight is 262 g/mol. The van der Waals surface area contributed by atoms with Gasteiger partial charge in [0.2, 0.25) is 0 Å². The van der Waals surface area contributed by atoms with Crippen LogP contribution < -0.4 is 15.8 Å². The molecule has 3 N–H and O–H groups in total. The molecule has 102 valence electrons. The summed E-state index contributed by atoms with van der Waals surface area (Å²) in [5.74, 6) is 0.0512. The minimum Gasteiger partial charge on any atom is -0.481 e. The predicted octanol–water partition coefficient (Wildman–Crippen LogP) is 1.01. The minimum atomic E-state index is -0.627. The molecule has 0 aliphatic carbocycles. The summed E-state index contributed by atoms with van der Waals surface area (Å²) in [4.78, 5) is 22.9. The van der Waals surface area contributed by atoms with Gasteiger partial charge < -0.3 is 15.8 Å². The summed E-state index contributed by atoms with van der Waals surface area (Å²) in [5.41, 5.74) is 6.88. The number of rotatable bonds is 4. The van der Waals surface area contributed by atoms with Crippen LogP contribution in [0, 0.1) is 0 Å². The third kappa shape index (κ3) is 3.05. The van der Waals surface area contributed by atoms with E-state index in [1.54, 1.807) is 12.1 Å². The lowest BCUT2D eigenvalue weighted by atomic mass is 10.0. The Morgan fingerprint density at radius 2 is 2.32 bits per heavy atom. The summed E-state index contributed by atoms with van der Waals surface area (Å²) < 4.78 is 5.56. The zero-order valence-electron chi connectivity index (χ0n) is 10.9. The highest BCUT2D eigenvalue weighted by molar-refractivity contribution is 5.96. The summed E-state index contributed by atoms with van der Waals surface area (Å²) in [7, 11) is 0. The molecule has 2 rings (SSSR count). The molecule has 0 saturated heterocycles. The molecule has 1 aromatic rings. The van der Waals surface area contributed by atoms with Crippen molar-refractivity contribution < 1.29 is 14.3 Å². The van der Waals surface area contributed by atoms with E-state index in [1.807, 2.05) is 13.0 Å². The van der Waals surface area contributed by atoms with Crippen LogP contribution in [-0.4, -0.2) is 24.5 Å². The van der Waals surface area contributed by atoms with Crippen molar-refractivity contribution in [3.8, 4) is 5.75 Å². The molecular weight excluding hydrogens is 244 g/mol. The summed E-state index contributed by atoms with van der Waals surface area (Å²) in [6, 6.07) is 5.26. The zero-order chi connectivity index (χ0) is 13.8. The van der Waals surface area contributed by atoms with Crippen LogP contribution in [0.25, 0.3) is 0 Å². The van der Waals surface area contributed by atoms with Crippen LogP contribution >= 0.6 is 0 Å². The van der Waals surface area contributed by atoms with Gasteiger partial charge in [0.15, 0.2) is 6.10 Å². The first-order valence-electron chi connectivity index (χ1n) is 6.49. The third-order valence-corrected chi connectivity index (χ3v) is 3.20. The van der Waals surface area contributed by atoms with Gasteiger partial charge in [0.25, 0.3) is 11.8 Å². The maximum atomic E-state index is 11.8. The second-order valence-corrected chi connectivity index (χ2v) is 4.60. The van der Waals surface area contributed by atoms with Crippen molar-refractivity contribution in [2.24, 2.45) is 5.73 Å². The third-order valence-electron chi connectivity index (χ3n) is 3.20. The first-order valence-corrected chi connectivity index (χ1v) is 6.49. The standard InChI is InChI=1S/C14H18N2O3/c1-2-12(13(15)17)19-10-5-6-11-9(8-10)4-3-7-16-14(11)18/h5-6,8,12H,2-4,7H2,1H3,(H2,15,17)(H,16,18)/t12-/m0/s1. The number of carbonyl (C=O) groups excluding carboxylic acids is 2. The van der Waals surface area contributed by atoms with Gasteiger partial charge in [-0.25, -0.2) is 0 Å². The molecule has 19 heavy (non-hydrogen) atoms. The number of nitrogens with two attached hydrogens (primary N) is 1. The van der Waals surface area contributed by atoms with Crippen molar-refractivity contribution in [2.45, 2.75) is 32.3 Å². The van der Waals surface area contributed by atoms with Gasteiger partial charge in [0.05, 0.1) is 0 Å². The number of amides is 2. The number of nitrogens with one attached hydrogen (secondary N) is 1. The SMILES string of the molecule is CC[C@H](Oc1ccc2c(c1)CCCNC2=O)C(N)=O. The molecule has 0 spiro atoms. The number of hydrogen-bond acceptors (Lipinski definition) is 3. The minimum absolute atomic E-state index is 0.0546. The lowest BCUT2D eigenvalue weighted by molar-refractivity contribution is -0.124. The van der Waals surface area contributed by atoms with E-state index in [0.717, 1.165) is 18.4 Å². The number of carbonyl (C=O) groups is 2. The van der Waals surface area contributed by atoms with Crippen LogP contribution in [0.5, 0.6) is 5.75 Å². The Morgan fingerprint density at radius 3 is 3.00 bits per heavy atom. The fraction of sp³-hybridized carbons (Fsp3) is 0.429. The van der Waals surface area contributed by atoms with Crippen LogP contribution in [0.4, 0.5) is 0 Å². The van der Waals surface area contributed by atoms with E-state index in [4.69, 9.17) is 10.5 Å². The van der Waals surface area contributed by atoms with Crippen molar-refractivity contribution in [3.63, 3.8) is 0 Å². The van der Waals surface area contributed by atoms with E-state index >= 15 is 0 Å². The first kappa shape index (κ1) is 13.4. The second-order valence-electron chi connectivity index (χ2n) is 4.60. The fourth-order valence-electron chi connectivity index (χ4n) is 2.15. The molecule has 1 aromatic carbocycles. The molecule has 0 aromatic heterocycles. The Bertz CT molecular complexity index is 499. The molecular formula is C14H18N2O3. The molecule has 5 heteroatoms. The molecule has 1 heterocycles. The number of aryl methyl sites for hydroxylation is 1. The molecule has 0 radical (unpaired) electrons. The van der Waals surface area contributed by atoms with E-state index in [2.05, 4.69) is 5.32 Å². The molecule has 0 bridgehead atoms. The maximum Gasteiger partial charge on any atom is 0.258 e. The van der Waals surface area contributed by atoms with Gasteiger partial charge in [-0.15, -0.1) is 0 Å². The molecule has 1 aliphatic heterocycles. The number of ether oxygens (including phenoxy) is 1. The lowest BCUT2D eigenvalue weighted by Gasteiger charge is -2.15. The molecule has 0 fully saturated rings. The molecule has 0 unspecified atom stereocenters. The van der Waals surface area contributed by atoms with Crippen molar-refractivity contribution in [3.05, 3.63) is 29.3 Å². The zero-order valence-corrected chi connectivity index (χ0v) is 10.9. The van der Waals surface area contributed by atoms with E-state index in [9.17, 15) is 9.59 Å². The van der Waals surface area contributed by atoms with E-state index in [0.29, 0.717) is 24.3 Å². The van der Waals surface area contributed by atoms with Crippen LogP contribution in [-0.2, 0) is 11.2 Å².